The van der Waals surface area contributed by atoms with Crippen LogP contribution in [0.1, 0.15) is 11.3 Å². The summed E-state index contributed by atoms with van der Waals surface area (Å²) in [6.07, 6.45) is -4.61. The fraction of sp³-hybridized carbons (Fsp3) is 0.200. The van der Waals surface area contributed by atoms with Crippen LogP contribution in [0.2, 0.25) is 5.02 Å². The van der Waals surface area contributed by atoms with Gasteiger partial charge in [-0.05, 0) is 19.1 Å². The zero-order valence-corrected chi connectivity index (χ0v) is 8.87. The average molecular weight is 250 g/mol. The highest BCUT2D eigenvalue weighted by molar-refractivity contribution is 6.33. The van der Waals surface area contributed by atoms with Crippen LogP contribution in [0.25, 0.3) is 10.9 Å². The number of halogens is 4. The first-order valence-electron chi connectivity index (χ1n) is 4.38. The fourth-order valence-electron chi connectivity index (χ4n) is 1.65. The molecule has 0 atom stereocenters. The molecule has 86 valence electrons. The molecule has 2 rings (SSSR count). The lowest BCUT2D eigenvalue weighted by atomic mass is 10.1. The van der Waals surface area contributed by atoms with Crippen molar-refractivity contribution in [3.8, 4) is 5.75 Å². The number of aromatic hydroxyl groups is 1. The average Bonchev–Trinajstić information content (AvgIpc) is 2.43. The van der Waals surface area contributed by atoms with Gasteiger partial charge in [-0.15, -0.1) is 0 Å². The van der Waals surface area contributed by atoms with Gasteiger partial charge in [-0.1, -0.05) is 11.6 Å². The minimum Gasteiger partial charge on any atom is -0.506 e. The Bertz CT molecular complexity index is 559. The van der Waals surface area contributed by atoms with Gasteiger partial charge in [0.25, 0.3) is 0 Å². The predicted molar refractivity (Wildman–Crippen MR) is 54.7 cm³/mol. The molecule has 1 aromatic carbocycles. The Balaban J connectivity index is 2.92. The lowest BCUT2D eigenvalue weighted by Gasteiger charge is -2.11. The van der Waals surface area contributed by atoms with Gasteiger partial charge in [0.15, 0.2) is 0 Å². The number of hydrogen-bond acceptors (Lipinski definition) is 1. The second-order valence-electron chi connectivity index (χ2n) is 3.50. The van der Waals surface area contributed by atoms with Gasteiger partial charge in [0.2, 0.25) is 0 Å². The van der Waals surface area contributed by atoms with Gasteiger partial charge in [0.1, 0.15) is 11.3 Å². The van der Waals surface area contributed by atoms with E-state index >= 15 is 0 Å². The maximum absolute atomic E-state index is 12.8. The van der Waals surface area contributed by atoms with E-state index in [-0.39, 0.29) is 10.9 Å². The predicted octanol–water partition coefficient (Wildman–Crippen LogP) is 3.85. The molecule has 1 heterocycles. The summed E-state index contributed by atoms with van der Waals surface area (Å²) in [5.41, 5.74) is -0.563. The van der Waals surface area contributed by atoms with E-state index in [4.69, 9.17) is 11.6 Å². The summed E-state index contributed by atoms with van der Waals surface area (Å²) in [5, 5.41) is 8.93. The Morgan fingerprint density at radius 3 is 2.50 bits per heavy atom. The molecule has 0 spiro atoms. The number of nitrogens with one attached hydrogen (secondary N) is 1. The van der Waals surface area contributed by atoms with Crippen LogP contribution in [0.3, 0.4) is 0 Å². The van der Waals surface area contributed by atoms with Crippen molar-refractivity contribution in [1.29, 1.82) is 0 Å². The van der Waals surface area contributed by atoms with Gasteiger partial charge in [-0.2, -0.15) is 13.2 Å². The molecule has 6 heteroatoms. The number of benzene rings is 1. The van der Waals surface area contributed by atoms with E-state index in [1.807, 2.05) is 0 Å². The molecule has 0 amide bonds. The lowest BCUT2D eigenvalue weighted by Crippen LogP contribution is -2.07. The van der Waals surface area contributed by atoms with E-state index in [9.17, 15) is 18.3 Å². The van der Waals surface area contributed by atoms with Gasteiger partial charge in [0, 0.05) is 11.1 Å². The molecule has 2 nitrogen and oxygen atoms in total. The summed E-state index contributed by atoms with van der Waals surface area (Å²) >= 11 is 5.48. The first kappa shape index (κ1) is 11.1. The molecule has 0 bridgehead atoms. The summed E-state index contributed by atoms with van der Waals surface area (Å²) in [6, 6.07) is 2.72. The number of rotatable bonds is 0. The normalized spacial score (nSPS) is 12.3. The van der Waals surface area contributed by atoms with Gasteiger partial charge in [-0.3, -0.25) is 0 Å². The SMILES string of the molecule is Cc1cc2cc(O)c(Cl)c(C(F)(F)F)c2[nH]1. The van der Waals surface area contributed by atoms with Crippen LogP contribution in [-0.4, -0.2) is 10.1 Å². The maximum Gasteiger partial charge on any atom is 0.420 e. The molecule has 0 radical (unpaired) electrons. The summed E-state index contributed by atoms with van der Waals surface area (Å²) in [5.74, 6) is -0.569. The highest BCUT2D eigenvalue weighted by atomic mass is 35.5. The molecule has 0 saturated carbocycles. The van der Waals surface area contributed by atoms with Crippen molar-refractivity contribution in [3.05, 3.63) is 28.4 Å². The monoisotopic (exact) mass is 249 g/mol. The number of alkyl halides is 3. The number of fused-ring (bicyclic) bond motifs is 1. The third-order valence-corrected chi connectivity index (χ3v) is 2.64. The summed E-state index contributed by atoms with van der Waals surface area (Å²) < 4.78 is 38.3. The van der Waals surface area contributed by atoms with Crippen molar-refractivity contribution in [3.63, 3.8) is 0 Å². The van der Waals surface area contributed by atoms with Gasteiger partial charge in [0.05, 0.1) is 10.5 Å². The van der Waals surface area contributed by atoms with E-state index < -0.39 is 22.5 Å². The zero-order valence-electron chi connectivity index (χ0n) is 8.11. The number of hydrogen-bond donors (Lipinski definition) is 2. The standard InChI is InChI=1S/C10H7ClF3NO/c1-4-2-5-3-6(16)8(11)7(9(5)15-4)10(12,13)14/h2-3,15-16H,1H3. The molecular weight excluding hydrogens is 243 g/mol. The van der Waals surface area contributed by atoms with Crippen LogP contribution in [-0.2, 0) is 6.18 Å². The Kier molecular flexibility index (Phi) is 2.31. The molecule has 2 aromatic rings. The first-order chi connectivity index (χ1) is 7.30. The Hall–Kier alpha value is -1.36. The number of phenolic OH excluding ortho intramolecular Hbond substituents is 1. The zero-order chi connectivity index (χ0) is 12.1. The smallest absolute Gasteiger partial charge is 0.420 e. The minimum atomic E-state index is -4.61. The van der Waals surface area contributed by atoms with Crippen LogP contribution < -0.4 is 0 Å². The molecule has 0 aliphatic carbocycles. The topological polar surface area (TPSA) is 36.0 Å². The van der Waals surface area contributed by atoms with Crippen molar-refractivity contribution in [1.82, 2.24) is 4.98 Å². The maximum atomic E-state index is 12.8. The van der Waals surface area contributed by atoms with Crippen molar-refractivity contribution < 1.29 is 18.3 Å². The van der Waals surface area contributed by atoms with E-state index in [1.165, 1.54) is 12.1 Å². The largest absolute Gasteiger partial charge is 0.506 e. The minimum absolute atomic E-state index is 0.104. The van der Waals surface area contributed by atoms with Gasteiger partial charge in [-0.25, -0.2) is 0 Å². The number of aromatic nitrogens is 1. The second kappa shape index (κ2) is 3.31. The fourth-order valence-corrected chi connectivity index (χ4v) is 1.90. The highest BCUT2D eigenvalue weighted by Gasteiger charge is 2.37. The lowest BCUT2D eigenvalue weighted by molar-refractivity contribution is -0.136. The quantitative estimate of drug-likeness (QED) is 0.731. The van der Waals surface area contributed by atoms with Gasteiger partial charge >= 0.3 is 6.18 Å². The van der Waals surface area contributed by atoms with Crippen LogP contribution in [0.5, 0.6) is 5.75 Å². The number of H-pyrrole nitrogens is 1. The van der Waals surface area contributed by atoms with Crippen molar-refractivity contribution in [2.75, 3.05) is 0 Å². The van der Waals surface area contributed by atoms with Crippen LogP contribution in [0.15, 0.2) is 12.1 Å². The van der Waals surface area contributed by atoms with Crippen molar-refractivity contribution >= 4 is 22.5 Å². The molecular formula is C10H7ClF3NO. The van der Waals surface area contributed by atoms with Crippen molar-refractivity contribution in [2.45, 2.75) is 13.1 Å². The number of phenols is 1. The molecule has 0 saturated heterocycles. The Labute approximate surface area is 93.6 Å². The molecule has 0 aliphatic rings. The molecule has 0 unspecified atom stereocenters. The number of aromatic amines is 1. The molecule has 0 fully saturated rings. The Morgan fingerprint density at radius 1 is 1.31 bits per heavy atom. The van der Waals surface area contributed by atoms with Gasteiger partial charge < -0.3 is 10.1 Å². The van der Waals surface area contributed by atoms with E-state index in [0.29, 0.717) is 5.69 Å². The first-order valence-corrected chi connectivity index (χ1v) is 4.76. The van der Waals surface area contributed by atoms with E-state index in [0.717, 1.165) is 0 Å². The van der Waals surface area contributed by atoms with E-state index in [2.05, 4.69) is 4.98 Å². The van der Waals surface area contributed by atoms with Crippen LogP contribution in [0, 0.1) is 6.92 Å². The highest BCUT2D eigenvalue weighted by Crippen LogP contribution is 2.43. The Morgan fingerprint density at radius 2 is 1.94 bits per heavy atom. The summed E-state index contributed by atoms with van der Waals surface area (Å²) in [4.78, 5) is 2.59. The molecule has 0 aliphatic heterocycles. The van der Waals surface area contributed by atoms with Crippen LogP contribution >= 0.6 is 11.6 Å². The third kappa shape index (κ3) is 1.61. The van der Waals surface area contributed by atoms with Crippen LogP contribution in [0.4, 0.5) is 13.2 Å². The van der Waals surface area contributed by atoms with Crippen molar-refractivity contribution in [2.24, 2.45) is 0 Å². The number of aryl methyl sites for hydroxylation is 1. The molecule has 1 aromatic heterocycles. The summed E-state index contributed by atoms with van der Waals surface area (Å²) in [7, 11) is 0. The molecule has 16 heavy (non-hydrogen) atoms. The molecule has 2 N–H and O–H groups in total. The third-order valence-electron chi connectivity index (χ3n) is 2.25. The van der Waals surface area contributed by atoms with E-state index in [1.54, 1.807) is 6.92 Å². The second-order valence-corrected chi connectivity index (χ2v) is 3.88. The summed E-state index contributed by atoms with van der Waals surface area (Å²) in [6.45, 7) is 1.63.